The SMILES string of the molecule is CCCCCCCCCCCCCCCCCCCCCCC(=O)O[C@H](COC(=O)CCCCCCCCCCCCCCCC)COP(=O)(O)OC[C@@H](O)COP(=O)(O)OC[C@@H](COC(=O)CCCCCCCCC)OC(=O)CCCCCCCCCC. The average Bonchev–Trinajstić information content (AvgIpc) is 3.73. The normalized spacial score (nSPS) is 14.0. The van der Waals surface area contributed by atoms with Crippen LogP contribution in [0.3, 0.4) is 0 Å². The second kappa shape index (κ2) is 64.8. The molecule has 5 atom stereocenters. The van der Waals surface area contributed by atoms with E-state index < -0.39 is 97.5 Å². The van der Waals surface area contributed by atoms with E-state index in [1.165, 1.54) is 180 Å². The Bertz CT molecular complexity index is 1710. The minimum absolute atomic E-state index is 0.105. The highest BCUT2D eigenvalue weighted by Gasteiger charge is 2.30. The first kappa shape index (κ1) is 87.1. The summed E-state index contributed by atoms with van der Waals surface area (Å²) in [6.07, 6.45) is 53.0. The third-order valence-corrected chi connectivity index (χ3v) is 18.3. The molecule has 0 aromatic rings. The molecule has 528 valence electrons. The maximum Gasteiger partial charge on any atom is 0.472 e. The van der Waals surface area contributed by atoms with Crippen molar-refractivity contribution in [1.29, 1.82) is 0 Å². The van der Waals surface area contributed by atoms with E-state index >= 15 is 0 Å². The molecule has 0 bridgehead atoms. The second-order valence-electron chi connectivity index (χ2n) is 25.3. The first-order valence-electron chi connectivity index (χ1n) is 36.8. The number of unbranched alkanes of at least 4 members (excludes halogenated alkanes) is 45. The van der Waals surface area contributed by atoms with Crippen LogP contribution in [0, 0.1) is 0 Å². The highest BCUT2D eigenvalue weighted by molar-refractivity contribution is 7.47. The Morgan fingerprint density at radius 2 is 0.449 bits per heavy atom. The molecule has 2 unspecified atom stereocenters. The largest absolute Gasteiger partial charge is 0.472 e. The molecule has 3 N–H and O–H groups in total. The van der Waals surface area contributed by atoms with Crippen molar-refractivity contribution >= 4 is 39.5 Å². The van der Waals surface area contributed by atoms with Gasteiger partial charge in [-0.15, -0.1) is 0 Å². The molecule has 19 heteroatoms. The fourth-order valence-corrected chi connectivity index (χ4v) is 12.3. The molecule has 0 spiro atoms. The molecule has 89 heavy (non-hydrogen) atoms. The lowest BCUT2D eigenvalue weighted by Crippen LogP contribution is -2.30. The van der Waals surface area contributed by atoms with E-state index in [0.29, 0.717) is 25.7 Å². The fourth-order valence-electron chi connectivity index (χ4n) is 10.7. The summed E-state index contributed by atoms with van der Waals surface area (Å²) in [6, 6.07) is 0. The lowest BCUT2D eigenvalue weighted by Gasteiger charge is -2.21. The van der Waals surface area contributed by atoms with E-state index in [0.717, 1.165) is 109 Å². The highest BCUT2D eigenvalue weighted by Crippen LogP contribution is 2.45. The van der Waals surface area contributed by atoms with Crippen LogP contribution < -0.4 is 0 Å². The van der Waals surface area contributed by atoms with Crippen LogP contribution in [-0.2, 0) is 65.4 Å². The van der Waals surface area contributed by atoms with Crippen LogP contribution in [0.1, 0.15) is 368 Å². The van der Waals surface area contributed by atoms with E-state index in [-0.39, 0.29) is 25.7 Å². The Balaban J connectivity index is 5.13. The maximum absolute atomic E-state index is 13.0. The summed E-state index contributed by atoms with van der Waals surface area (Å²) < 4.78 is 68.1. The molecule has 0 saturated carbocycles. The van der Waals surface area contributed by atoms with Crippen LogP contribution in [0.5, 0.6) is 0 Å². The van der Waals surface area contributed by atoms with Crippen molar-refractivity contribution in [1.82, 2.24) is 0 Å². The molecule has 0 rings (SSSR count). The number of hydrogen-bond acceptors (Lipinski definition) is 15. The standard InChI is InChI=1S/C70H136O17P2/c1-5-9-13-17-21-24-26-28-30-31-32-33-34-35-37-39-41-45-49-53-57-70(75)87-66(61-81-68(73)55-51-47-44-40-38-36-29-27-25-22-18-14-10-6-2)63-85-89(78,79)83-59-64(71)58-82-88(76,77)84-62-65(60-80-67(72)54-50-46-42-20-16-12-8-4)86-69(74)56-52-48-43-23-19-15-11-7-3/h64-66,71H,5-63H2,1-4H3,(H,76,77)(H,78,79)/t64-,65+,66+/m0/s1. The third-order valence-electron chi connectivity index (χ3n) is 16.4. The number of ether oxygens (including phenoxy) is 4. The average molecular weight is 1310 g/mol. The van der Waals surface area contributed by atoms with Gasteiger partial charge >= 0.3 is 39.5 Å². The Morgan fingerprint density at radius 1 is 0.270 bits per heavy atom. The summed E-state index contributed by atoms with van der Waals surface area (Å²) in [5, 5.41) is 10.6. The van der Waals surface area contributed by atoms with Crippen molar-refractivity contribution in [3.05, 3.63) is 0 Å². The summed E-state index contributed by atoms with van der Waals surface area (Å²) in [5.41, 5.74) is 0. The zero-order valence-electron chi connectivity index (χ0n) is 57.4. The van der Waals surface area contributed by atoms with Gasteiger partial charge in [-0.05, 0) is 25.7 Å². The van der Waals surface area contributed by atoms with Crippen LogP contribution in [-0.4, -0.2) is 96.7 Å². The predicted molar refractivity (Wildman–Crippen MR) is 359 cm³/mol. The minimum atomic E-state index is -4.95. The molecule has 0 heterocycles. The zero-order valence-corrected chi connectivity index (χ0v) is 59.2. The summed E-state index contributed by atoms with van der Waals surface area (Å²) in [5.74, 6) is -2.13. The Kier molecular flexibility index (Phi) is 63.3. The molecule has 0 aromatic heterocycles. The number of carbonyl (C=O) groups is 4. The summed E-state index contributed by atoms with van der Waals surface area (Å²) >= 11 is 0. The van der Waals surface area contributed by atoms with Crippen molar-refractivity contribution in [3.8, 4) is 0 Å². The van der Waals surface area contributed by atoms with Crippen molar-refractivity contribution in [2.45, 2.75) is 386 Å². The van der Waals surface area contributed by atoms with Gasteiger partial charge in [0.15, 0.2) is 12.2 Å². The van der Waals surface area contributed by atoms with Gasteiger partial charge in [0, 0.05) is 25.7 Å². The monoisotopic (exact) mass is 1310 g/mol. The van der Waals surface area contributed by atoms with Gasteiger partial charge in [0.2, 0.25) is 0 Å². The first-order chi connectivity index (χ1) is 43.2. The van der Waals surface area contributed by atoms with E-state index in [4.69, 9.17) is 37.0 Å². The maximum atomic E-state index is 13.0. The van der Waals surface area contributed by atoms with Gasteiger partial charge in [0.05, 0.1) is 26.4 Å². The van der Waals surface area contributed by atoms with Crippen LogP contribution >= 0.6 is 15.6 Å². The number of phosphoric acid groups is 2. The Morgan fingerprint density at radius 3 is 0.663 bits per heavy atom. The Labute approximate surface area is 543 Å². The minimum Gasteiger partial charge on any atom is -0.462 e. The van der Waals surface area contributed by atoms with Gasteiger partial charge in [0.25, 0.3) is 0 Å². The lowest BCUT2D eigenvalue weighted by atomic mass is 10.0. The van der Waals surface area contributed by atoms with Gasteiger partial charge < -0.3 is 33.8 Å². The smallest absolute Gasteiger partial charge is 0.462 e. The summed E-state index contributed by atoms with van der Waals surface area (Å²) in [7, 11) is -9.89. The van der Waals surface area contributed by atoms with Crippen LogP contribution in [0.15, 0.2) is 0 Å². The van der Waals surface area contributed by atoms with E-state index in [1.54, 1.807) is 0 Å². The number of rotatable bonds is 71. The number of hydrogen-bond donors (Lipinski definition) is 3. The highest BCUT2D eigenvalue weighted by atomic mass is 31.2. The summed E-state index contributed by atoms with van der Waals surface area (Å²) in [4.78, 5) is 72.3. The Hall–Kier alpha value is -1.94. The molecule has 0 fully saturated rings. The number of esters is 4. The van der Waals surface area contributed by atoms with Gasteiger partial charge in [-0.1, -0.05) is 317 Å². The third kappa shape index (κ3) is 64.6. The zero-order chi connectivity index (χ0) is 65.4. The molecule has 0 amide bonds. The van der Waals surface area contributed by atoms with Crippen molar-refractivity contribution in [2.75, 3.05) is 39.6 Å². The van der Waals surface area contributed by atoms with Gasteiger partial charge in [-0.3, -0.25) is 37.3 Å². The van der Waals surface area contributed by atoms with Crippen LogP contribution in [0.4, 0.5) is 0 Å². The van der Waals surface area contributed by atoms with Crippen molar-refractivity contribution < 1.29 is 80.2 Å². The molecule has 0 aromatic carbocycles. The van der Waals surface area contributed by atoms with Crippen molar-refractivity contribution in [2.24, 2.45) is 0 Å². The molecule has 0 aliphatic heterocycles. The molecule has 0 radical (unpaired) electrons. The molecule has 17 nitrogen and oxygen atoms in total. The summed E-state index contributed by atoms with van der Waals surface area (Å²) in [6.45, 7) is 4.87. The molecular formula is C70H136O17P2. The number of carbonyl (C=O) groups excluding carboxylic acids is 4. The van der Waals surface area contributed by atoms with E-state index in [1.807, 2.05) is 0 Å². The first-order valence-corrected chi connectivity index (χ1v) is 39.8. The van der Waals surface area contributed by atoms with E-state index in [9.17, 15) is 43.2 Å². The van der Waals surface area contributed by atoms with Gasteiger partial charge in [0.1, 0.15) is 19.3 Å². The molecule has 0 aliphatic carbocycles. The van der Waals surface area contributed by atoms with Crippen molar-refractivity contribution in [3.63, 3.8) is 0 Å². The van der Waals surface area contributed by atoms with Crippen LogP contribution in [0.25, 0.3) is 0 Å². The number of phosphoric ester groups is 2. The lowest BCUT2D eigenvalue weighted by molar-refractivity contribution is -0.161. The number of aliphatic hydroxyl groups is 1. The van der Waals surface area contributed by atoms with Gasteiger partial charge in [-0.25, -0.2) is 9.13 Å². The van der Waals surface area contributed by atoms with Gasteiger partial charge in [-0.2, -0.15) is 0 Å². The molecule has 0 saturated heterocycles. The topological polar surface area (TPSA) is 237 Å². The van der Waals surface area contributed by atoms with E-state index in [2.05, 4.69) is 27.7 Å². The quantitative estimate of drug-likeness (QED) is 0.0222. The molecule has 0 aliphatic rings. The predicted octanol–water partition coefficient (Wildman–Crippen LogP) is 20.3. The molecular weight excluding hydrogens is 1170 g/mol. The number of aliphatic hydroxyl groups excluding tert-OH is 1. The van der Waals surface area contributed by atoms with Crippen LogP contribution in [0.2, 0.25) is 0 Å². The second-order valence-corrected chi connectivity index (χ2v) is 28.2. The fraction of sp³-hybridized carbons (Fsp3) is 0.943.